The molecule has 13 heavy (non-hydrogen) atoms. The fourth-order valence-corrected chi connectivity index (χ4v) is 0.343. The second-order valence-corrected chi connectivity index (χ2v) is 3.37. The molecule has 0 aromatic carbocycles. The minimum Gasteiger partial charge on any atom is -0.457 e. The van der Waals surface area contributed by atoms with Gasteiger partial charge < -0.3 is 9.53 Å². The van der Waals surface area contributed by atoms with Crippen LogP contribution in [0, 0.1) is 0 Å². The third-order valence-electron chi connectivity index (χ3n) is 0.636. The van der Waals surface area contributed by atoms with Crippen molar-refractivity contribution >= 4 is 23.9 Å². The Bertz CT molecular complexity index is 170. The van der Waals surface area contributed by atoms with Crippen LogP contribution >= 0.6 is 11.6 Å². The number of ether oxygens (including phenoxy) is 1. The Morgan fingerprint density at radius 3 is 2.00 bits per heavy atom. The van der Waals surface area contributed by atoms with E-state index in [2.05, 4.69) is 6.58 Å². The summed E-state index contributed by atoms with van der Waals surface area (Å²) in [6, 6.07) is 0. The van der Waals surface area contributed by atoms with Crippen molar-refractivity contribution in [2.45, 2.75) is 26.4 Å². The molecule has 0 amide bonds. The Labute approximate surface area is 83.7 Å². The van der Waals surface area contributed by atoms with E-state index in [9.17, 15) is 4.79 Å². The Hall–Kier alpha value is -0.830. The van der Waals surface area contributed by atoms with Gasteiger partial charge in [-0.3, -0.25) is 0 Å². The van der Waals surface area contributed by atoms with Crippen LogP contribution in [0.15, 0.2) is 12.7 Å². The van der Waals surface area contributed by atoms with Gasteiger partial charge in [0.15, 0.2) is 0 Å². The predicted octanol–water partition coefficient (Wildman–Crippen LogP) is 1.94. The molecule has 0 aromatic rings. The molecule has 76 valence electrons. The first-order chi connectivity index (χ1) is 5.87. The summed E-state index contributed by atoms with van der Waals surface area (Å²) >= 11 is 4.82. The summed E-state index contributed by atoms with van der Waals surface area (Å²) in [5, 5.41) is 0. The highest BCUT2D eigenvalue weighted by molar-refractivity contribution is 6.24. The van der Waals surface area contributed by atoms with Gasteiger partial charge in [-0.25, -0.2) is 4.79 Å². The van der Waals surface area contributed by atoms with Gasteiger partial charge in [-0.1, -0.05) is 6.58 Å². The third kappa shape index (κ3) is 18.3. The summed E-state index contributed by atoms with van der Waals surface area (Å²) < 4.78 is 4.83. The smallest absolute Gasteiger partial charge is 0.330 e. The molecular formula is C9H15ClO3. The predicted molar refractivity (Wildman–Crippen MR) is 52.8 cm³/mol. The molecule has 0 heterocycles. The van der Waals surface area contributed by atoms with Crippen molar-refractivity contribution in [1.82, 2.24) is 0 Å². The first-order valence-corrected chi connectivity index (χ1v) is 4.26. The van der Waals surface area contributed by atoms with Crippen LogP contribution in [0.1, 0.15) is 20.8 Å². The zero-order valence-corrected chi connectivity index (χ0v) is 8.93. The molecule has 0 radical (unpaired) electrons. The SMILES string of the molecule is C=CC(=O)OC(C)(C)C.O=CCCl. The maximum atomic E-state index is 10.5. The molecule has 3 nitrogen and oxygen atoms in total. The lowest BCUT2D eigenvalue weighted by molar-refractivity contribution is -0.148. The van der Waals surface area contributed by atoms with Gasteiger partial charge in [-0.2, -0.15) is 0 Å². The molecule has 0 fully saturated rings. The molecular weight excluding hydrogens is 192 g/mol. The van der Waals surface area contributed by atoms with Crippen LogP contribution in [-0.2, 0) is 14.3 Å². The number of hydrogen-bond donors (Lipinski definition) is 0. The molecule has 0 aliphatic carbocycles. The van der Waals surface area contributed by atoms with Crippen LogP contribution in [0.2, 0.25) is 0 Å². The maximum absolute atomic E-state index is 10.5. The average molecular weight is 207 g/mol. The van der Waals surface area contributed by atoms with Crippen molar-refractivity contribution in [2.75, 3.05) is 5.88 Å². The highest BCUT2D eigenvalue weighted by Crippen LogP contribution is 2.06. The van der Waals surface area contributed by atoms with Crippen molar-refractivity contribution < 1.29 is 14.3 Å². The Morgan fingerprint density at radius 1 is 1.54 bits per heavy atom. The summed E-state index contributed by atoms with van der Waals surface area (Å²) in [7, 11) is 0. The summed E-state index contributed by atoms with van der Waals surface area (Å²) in [5.74, 6) is -0.262. The molecule has 0 aliphatic rings. The van der Waals surface area contributed by atoms with E-state index in [4.69, 9.17) is 21.1 Å². The summed E-state index contributed by atoms with van der Waals surface area (Å²) in [6.45, 7) is 8.71. The van der Waals surface area contributed by atoms with Crippen LogP contribution in [0.3, 0.4) is 0 Å². The van der Waals surface area contributed by atoms with E-state index in [1.165, 1.54) is 0 Å². The lowest BCUT2D eigenvalue weighted by Crippen LogP contribution is -2.22. The largest absolute Gasteiger partial charge is 0.457 e. The molecule has 0 N–H and O–H groups in total. The first-order valence-electron chi connectivity index (χ1n) is 3.72. The average Bonchev–Trinajstić information content (AvgIpc) is 2.02. The number of halogens is 1. The molecule has 0 aromatic heterocycles. The second-order valence-electron chi connectivity index (χ2n) is 3.06. The van der Waals surface area contributed by atoms with Gasteiger partial charge in [0.2, 0.25) is 0 Å². The van der Waals surface area contributed by atoms with Crippen LogP contribution in [-0.4, -0.2) is 23.7 Å². The molecule has 4 heteroatoms. The monoisotopic (exact) mass is 206 g/mol. The number of carbonyl (C=O) groups excluding carboxylic acids is 2. The van der Waals surface area contributed by atoms with Crippen LogP contribution in [0.25, 0.3) is 0 Å². The van der Waals surface area contributed by atoms with Crippen molar-refractivity contribution in [3.05, 3.63) is 12.7 Å². The Morgan fingerprint density at radius 2 is 1.92 bits per heavy atom. The molecule has 0 rings (SSSR count). The zero-order chi connectivity index (χ0) is 10.9. The van der Waals surface area contributed by atoms with Crippen molar-refractivity contribution in [2.24, 2.45) is 0 Å². The standard InChI is InChI=1S/C7H12O2.C2H3ClO/c1-5-6(8)9-7(2,3)4;3-1-2-4/h5H,1H2,2-4H3;2H,1H2. The fraction of sp³-hybridized carbons (Fsp3) is 0.556. The molecule has 0 spiro atoms. The van der Waals surface area contributed by atoms with E-state index in [1.807, 2.05) is 20.8 Å². The van der Waals surface area contributed by atoms with Crippen molar-refractivity contribution in [3.8, 4) is 0 Å². The van der Waals surface area contributed by atoms with E-state index in [-0.39, 0.29) is 11.8 Å². The van der Waals surface area contributed by atoms with Gasteiger partial charge in [0.25, 0.3) is 0 Å². The van der Waals surface area contributed by atoms with Crippen molar-refractivity contribution in [1.29, 1.82) is 0 Å². The minimum absolute atomic E-state index is 0.111. The van der Waals surface area contributed by atoms with E-state index >= 15 is 0 Å². The highest BCUT2D eigenvalue weighted by atomic mass is 35.5. The number of esters is 1. The minimum atomic E-state index is -0.398. The van der Waals surface area contributed by atoms with Crippen LogP contribution in [0.5, 0.6) is 0 Å². The Balaban J connectivity index is 0. The highest BCUT2D eigenvalue weighted by Gasteiger charge is 2.12. The lowest BCUT2D eigenvalue weighted by Gasteiger charge is -2.17. The molecule has 0 saturated heterocycles. The molecule has 0 atom stereocenters. The van der Waals surface area contributed by atoms with E-state index in [1.54, 1.807) is 0 Å². The number of hydrogen-bond acceptors (Lipinski definition) is 3. The number of alkyl halides is 1. The van der Waals surface area contributed by atoms with E-state index in [0.29, 0.717) is 6.29 Å². The topological polar surface area (TPSA) is 43.4 Å². The Kier molecular flexibility index (Phi) is 8.81. The molecule has 0 bridgehead atoms. The number of carbonyl (C=O) groups is 2. The van der Waals surface area contributed by atoms with Crippen molar-refractivity contribution in [3.63, 3.8) is 0 Å². The van der Waals surface area contributed by atoms with Gasteiger partial charge >= 0.3 is 5.97 Å². The van der Waals surface area contributed by atoms with Gasteiger partial charge in [0.05, 0.1) is 5.88 Å². The summed E-state index contributed by atoms with van der Waals surface area (Å²) in [4.78, 5) is 19.5. The lowest BCUT2D eigenvalue weighted by atomic mass is 10.2. The zero-order valence-electron chi connectivity index (χ0n) is 8.17. The quantitative estimate of drug-likeness (QED) is 0.300. The normalized spacial score (nSPS) is 9.23. The molecule has 0 unspecified atom stereocenters. The molecule has 0 aliphatic heterocycles. The molecule has 0 saturated carbocycles. The number of aldehydes is 1. The maximum Gasteiger partial charge on any atom is 0.330 e. The van der Waals surface area contributed by atoms with Crippen LogP contribution < -0.4 is 0 Å². The third-order valence-corrected chi connectivity index (χ3v) is 0.762. The van der Waals surface area contributed by atoms with E-state index in [0.717, 1.165) is 6.08 Å². The van der Waals surface area contributed by atoms with Gasteiger partial charge in [0, 0.05) is 6.08 Å². The van der Waals surface area contributed by atoms with E-state index < -0.39 is 5.60 Å². The van der Waals surface area contributed by atoms with Gasteiger partial charge in [-0.15, -0.1) is 11.6 Å². The first kappa shape index (κ1) is 14.7. The second kappa shape index (κ2) is 7.80. The van der Waals surface area contributed by atoms with Gasteiger partial charge in [-0.05, 0) is 20.8 Å². The van der Waals surface area contributed by atoms with Gasteiger partial charge in [0.1, 0.15) is 11.9 Å². The summed E-state index contributed by atoms with van der Waals surface area (Å²) in [6.07, 6.45) is 1.80. The van der Waals surface area contributed by atoms with Crippen LogP contribution in [0.4, 0.5) is 0 Å². The summed E-state index contributed by atoms with van der Waals surface area (Å²) in [5.41, 5.74) is -0.398. The number of rotatable bonds is 2. The fourth-order valence-electron chi connectivity index (χ4n) is 0.343.